The van der Waals surface area contributed by atoms with Crippen LogP contribution in [0.5, 0.6) is 0 Å². The standard InChI is InChI=1S/C14H12FN3O3/c15-12-3-1-2-4-13(12)16-9-14(19)17-10-5-7-11(8-6-10)18(20)21/h1-8,16H,9H2,(H,17,19). The van der Waals surface area contributed by atoms with Gasteiger partial charge in [-0.2, -0.15) is 0 Å². The van der Waals surface area contributed by atoms with E-state index < -0.39 is 10.7 Å². The first-order valence-electron chi connectivity index (χ1n) is 6.09. The van der Waals surface area contributed by atoms with E-state index in [1.807, 2.05) is 0 Å². The van der Waals surface area contributed by atoms with Crippen molar-refractivity contribution in [3.05, 3.63) is 64.5 Å². The predicted octanol–water partition coefficient (Wildman–Crippen LogP) is 2.78. The number of hydrogen-bond acceptors (Lipinski definition) is 4. The summed E-state index contributed by atoms with van der Waals surface area (Å²) in [6.07, 6.45) is 0. The Kier molecular flexibility index (Phi) is 4.45. The van der Waals surface area contributed by atoms with Gasteiger partial charge in [0.05, 0.1) is 17.2 Å². The summed E-state index contributed by atoms with van der Waals surface area (Å²) in [5.74, 6) is -0.826. The molecule has 0 aromatic heterocycles. The fourth-order valence-electron chi connectivity index (χ4n) is 1.65. The summed E-state index contributed by atoms with van der Waals surface area (Å²) in [6, 6.07) is 11.5. The van der Waals surface area contributed by atoms with Crippen LogP contribution in [0.2, 0.25) is 0 Å². The maximum atomic E-state index is 13.3. The van der Waals surface area contributed by atoms with E-state index in [1.54, 1.807) is 12.1 Å². The number of nitro benzene ring substituents is 1. The van der Waals surface area contributed by atoms with E-state index in [0.717, 1.165) is 0 Å². The number of halogens is 1. The van der Waals surface area contributed by atoms with Crippen molar-refractivity contribution in [3.8, 4) is 0 Å². The zero-order chi connectivity index (χ0) is 15.2. The van der Waals surface area contributed by atoms with E-state index in [4.69, 9.17) is 0 Å². The van der Waals surface area contributed by atoms with Gasteiger partial charge in [0.2, 0.25) is 5.91 Å². The number of nitrogens with one attached hydrogen (secondary N) is 2. The van der Waals surface area contributed by atoms with Gasteiger partial charge < -0.3 is 10.6 Å². The molecule has 0 aliphatic rings. The molecule has 0 saturated heterocycles. The number of carbonyl (C=O) groups excluding carboxylic acids is 1. The van der Waals surface area contributed by atoms with E-state index in [2.05, 4.69) is 10.6 Å². The zero-order valence-corrected chi connectivity index (χ0v) is 10.9. The molecule has 0 spiro atoms. The number of para-hydroxylation sites is 1. The van der Waals surface area contributed by atoms with Gasteiger partial charge in [-0.05, 0) is 24.3 Å². The molecule has 0 aliphatic carbocycles. The van der Waals surface area contributed by atoms with Gasteiger partial charge >= 0.3 is 0 Å². The highest BCUT2D eigenvalue weighted by Gasteiger charge is 2.07. The number of anilines is 2. The molecule has 2 N–H and O–H groups in total. The fourth-order valence-corrected chi connectivity index (χ4v) is 1.65. The Labute approximate surface area is 119 Å². The van der Waals surface area contributed by atoms with Gasteiger partial charge in [0.25, 0.3) is 5.69 Å². The number of benzene rings is 2. The minimum absolute atomic E-state index is 0.0579. The summed E-state index contributed by atoms with van der Waals surface area (Å²) in [7, 11) is 0. The first kappa shape index (κ1) is 14.4. The normalized spacial score (nSPS) is 9.95. The highest BCUT2D eigenvalue weighted by Crippen LogP contribution is 2.15. The quantitative estimate of drug-likeness (QED) is 0.654. The summed E-state index contributed by atoms with van der Waals surface area (Å²) < 4.78 is 13.3. The summed E-state index contributed by atoms with van der Waals surface area (Å²) in [4.78, 5) is 21.7. The molecule has 0 fully saturated rings. The Hall–Kier alpha value is -2.96. The average Bonchev–Trinajstić information content (AvgIpc) is 2.47. The van der Waals surface area contributed by atoms with Gasteiger partial charge in [0.15, 0.2) is 0 Å². The van der Waals surface area contributed by atoms with Gasteiger partial charge in [0, 0.05) is 17.8 Å². The van der Waals surface area contributed by atoms with Gasteiger partial charge in [-0.3, -0.25) is 14.9 Å². The second-order valence-electron chi connectivity index (χ2n) is 4.19. The van der Waals surface area contributed by atoms with Crippen LogP contribution in [0.25, 0.3) is 0 Å². The van der Waals surface area contributed by atoms with Crippen LogP contribution in [0.3, 0.4) is 0 Å². The topological polar surface area (TPSA) is 84.3 Å². The lowest BCUT2D eigenvalue weighted by Gasteiger charge is -2.08. The largest absolute Gasteiger partial charge is 0.374 e. The summed E-state index contributed by atoms with van der Waals surface area (Å²) in [5, 5.41) is 15.7. The Morgan fingerprint density at radius 2 is 1.81 bits per heavy atom. The summed E-state index contributed by atoms with van der Waals surface area (Å²) in [5.41, 5.74) is 0.606. The van der Waals surface area contributed by atoms with E-state index in [1.165, 1.54) is 36.4 Å². The molecular weight excluding hydrogens is 277 g/mol. The molecule has 108 valence electrons. The van der Waals surface area contributed by atoms with Gasteiger partial charge in [-0.1, -0.05) is 12.1 Å². The highest BCUT2D eigenvalue weighted by atomic mass is 19.1. The maximum Gasteiger partial charge on any atom is 0.269 e. The van der Waals surface area contributed by atoms with Crippen LogP contribution in [0.4, 0.5) is 21.5 Å². The number of amides is 1. The van der Waals surface area contributed by atoms with Crippen LogP contribution in [0.1, 0.15) is 0 Å². The first-order valence-corrected chi connectivity index (χ1v) is 6.09. The van der Waals surface area contributed by atoms with E-state index in [9.17, 15) is 19.3 Å². The monoisotopic (exact) mass is 289 g/mol. The van der Waals surface area contributed by atoms with Crippen molar-refractivity contribution in [1.82, 2.24) is 0 Å². The Morgan fingerprint density at radius 3 is 2.43 bits per heavy atom. The minimum Gasteiger partial charge on any atom is -0.374 e. The molecule has 2 rings (SSSR count). The lowest BCUT2D eigenvalue weighted by atomic mass is 10.3. The van der Waals surface area contributed by atoms with Crippen LogP contribution in [-0.4, -0.2) is 17.4 Å². The van der Waals surface area contributed by atoms with Crippen LogP contribution in [0, 0.1) is 15.9 Å². The molecule has 2 aromatic carbocycles. The van der Waals surface area contributed by atoms with Gasteiger partial charge in [-0.15, -0.1) is 0 Å². The molecule has 21 heavy (non-hydrogen) atoms. The highest BCUT2D eigenvalue weighted by molar-refractivity contribution is 5.93. The van der Waals surface area contributed by atoms with Crippen molar-refractivity contribution in [3.63, 3.8) is 0 Å². The molecule has 6 nitrogen and oxygen atoms in total. The SMILES string of the molecule is O=C(CNc1ccccc1F)Nc1ccc([N+](=O)[O-])cc1. The molecule has 0 unspecified atom stereocenters. The number of rotatable bonds is 5. The Bertz CT molecular complexity index is 659. The van der Waals surface area contributed by atoms with Gasteiger partial charge in [-0.25, -0.2) is 4.39 Å². The third-order valence-corrected chi connectivity index (χ3v) is 2.68. The smallest absolute Gasteiger partial charge is 0.269 e. The molecule has 0 saturated carbocycles. The number of carbonyl (C=O) groups is 1. The average molecular weight is 289 g/mol. The second kappa shape index (κ2) is 6.47. The van der Waals surface area contributed by atoms with E-state index in [0.29, 0.717) is 5.69 Å². The predicted molar refractivity (Wildman–Crippen MR) is 76.6 cm³/mol. The number of non-ortho nitro benzene ring substituents is 1. The lowest BCUT2D eigenvalue weighted by molar-refractivity contribution is -0.384. The van der Waals surface area contributed by atoms with E-state index >= 15 is 0 Å². The van der Waals surface area contributed by atoms with E-state index in [-0.39, 0.29) is 23.8 Å². The lowest BCUT2D eigenvalue weighted by Crippen LogP contribution is -2.22. The van der Waals surface area contributed by atoms with Gasteiger partial charge in [0.1, 0.15) is 5.82 Å². The van der Waals surface area contributed by atoms with Crippen molar-refractivity contribution >= 4 is 23.0 Å². The third kappa shape index (κ3) is 4.00. The third-order valence-electron chi connectivity index (χ3n) is 2.68. The number of hydrogen-bond donors (Lipinski definition) is 2. The molecule has 0 heterocycles. The summed E-state index contributed by atoms with van der Waals surface area (Å²) >= 11 is 0. The van der Waals surface area contributed by atoms with Crippen LogP contribution in [0.15, 0.2) is 48.5 Å². The molecule has 0 radical (unpaired) electrons. The van der Waals surface area contributed by atoms with Crippen LogP contribution >= 0.6 is 0 Å². The molecule has 0 bridgehead atoms. The minimum atomic E-state index is -0.522. The summed E-state index contributed by atoms with van der Waals surface area (Å²) in [6.45, 7) is -0.113. The van der Waals surface area contributed by atoms with Crippen molar-refractivity contribution in [2.45, 2.75) is 0 Å². The molecule has 1 amide bonds. The van der Waals surface area contributed by atoms with Crippen molar-refractivity contribution in [2.24, 2.45) is 0 Å². The Morgan fingerprint density at radius 1 is 1.14 bits per heavy atom. The van der Waals surface area contributed by atoms with Crippen molar-refractivity contribution in [1.29, 1.82) is 0 Å². The second-order valence-corrected chi connectivity index (χ2v) is 4.19. The maximum absolute atomic E-state index is 13.3. The van der Waals surface area contributed by atoms with Crippen LogP contribution in [-0.2, 0) is 4.79 Å². The van der Waals surface area contributed by atoms with Crippen molar-refractivity contribution < 1.29 is 14.1 Å². The fraction of sp³-hybridized carbons (Fsp3) is 0.0714. The molecule has 0 aliphatic heterocycles. The number of nitro groups is 1. The molecule has 7 heteroatoms. The zero-order valence-electron chi connectivity index (χ0n) is 10.9. The molecule has 0 atom stereocenters. The van der Waals surface area contributed by atoms with Crippen LogP contribution < -0.4 is 10.6 Å². The number of nitrogens with zero attached hydrogens (tertiary/aromatic N) is 1. The molecule has 2 aromatic rings. The molecular formula is C14H12FN3O3. The first-order chi connectivity index (χ1) is 10.1. The van der Waals surface area contributed by atoms with Crippen molar-refractivity contribution in [2.75, 3.05) is 17.2 Å². The Balaban J connectivity index is 1.90.